The average Bonchev–Trinajstić information content (AvgIpc) is 3.23. The van der Waals surface area contributed by atoms with Crippen molar-refractivity contribution in [2.45, 2.75) is 0 Å². The van der Waals surface area contributed by atoms with Crippen LogP contribution in [0.1, 0.15) is 11.1 Å². The van der Waals surface area contributed by atoms with Gasteiger partial charge in [-0.2, -0.15) is 0 Å². The highest BCUT2D eigenvalue weighted by molar-refractivity contribution is 6.23. The van der Waals surface area contributed by atoms with Crippen LogP contribution >= 0.6 is 0 Å². The Morgan fingerprint density at radius 3 is 1.55 bits per heavy atom. The molecule has 0 atom stereocenters. The molecule has 0 bridgehead atoms. The molecule has 0 spiro atoms. The molecule has 100 valence electrons. The van der Waals surface area contributed by atoms with Crippen molar-refractivity contribution in [1.29, 1.82) is 0 Å². The molecule has 0 saturated carbocycles. The Morgan fingerprint density at radius 1 is 0.800 bits per heavy atom. The van der Waals surface area contributed by atoms with E-state index >= 15 is 0 Å². The summed E-state index contributed by atoms with van der Waals surface area (Å²) in [4.78, 5) is 14.0. The van der Waals surface area contributed by atoms with Gasteiger partial charge in [0, 0.05) is 14.1 Å². The van der Waals surface area contributed by atoms with E-state index in [1.165, 1.54) is 0 Å². The molecule has 2 aromatic carbocycles. The summed E-state index contributed by atoms with van der Waals surface area (Å²) in [7, 11) is 3.62. The van der Waals surface area contributed by atoms with E-state index in [0.29, 0.717) is 0 Å². The lowest BCUT2D eigenvalue weighted by atomic mass is 10.1. The summed E-state index contributed by atoms with van der Waals surface area (Å²) < 4.78 is 0. The maximum absolute atomic E-state index is 12.4. The smallest absolute Gasteiger partial charge is 0.234 e. The van der Waals surface area contributed by atoms with Gasteiger partial charge < -0.3 is 4.90 Å². The van der Waals surface area contributed by atoms with Crippen molar-refractivity contribution in [2.24, 2.45) is 5.92 Å². The molecule has 0 fully saturated rings. The van der Waals surface area contributed by atoms with Gasteiger partial charge in [-0.3, -0.25) is 4.79 Å². The van der Waals surface area contributed by atoms with Crippen molar-refractivity contribution < 1.29 is 4.79 Å². The number of rotatable bonds is 3. The molecule has 0 unspecified atom stereocenters. The molecule has 2 aromatic rings. The molecule has 20 heavy (non-hydrogen) atoms. The van der Waals surface area contributed by atoms with E-state index < -0.39 is 0 Å². The standard InChI is InChI=1S/C18H17NO/c1-19(2)18(20)17-15(13-9-5-3-6-10-13)16(17)14-11-7-4-8-12-14/h3-12,17H,1-2H3. The summed E-state index contributed by atoms with van der Waals surface area (Å²) in [5.74, 6) is 0.0671. The van der Waals surface area contributed by atoms with Gasteiger partial charge in [0.25, 0.3) is 0 Å². The Kier molecular flexibility index (Phi) is 3.15. The van der Waals surface area contributed by atoms with E-state index in [1.54, 1.807) is 4.90 Å². The lowest BCUT2D eigenvalue weighted by Gasteiger charge is -2.11. The molecule has 2 heteroatoms. The van der Waals surface area contributed by atoms with Crippen LogP contribution in [0.4, 0.5) is 0 Å². The summed E-state index contributed by atoms with van der Waals surface area (Å²) in [6.07, 6.45) is 0. The molecule has 0 radical (unpaired) electrons. The van der Waals surface area contributed by atoms with E-state index in [9.17, 15) is 4.79 Å². The maximum Gasteiger partial charge on any atom is 0.234 e. The van der Waals surface area contributed by atoms with Crippen molar-refractivity contribution >= 4 is 17.1 Å². The van der Waals surface area contributed by atoms with Gasteiger partial charge in [0.05, 0.1) is 5.92 Å². The normalized spacial score (nSPS) is 14.3. The van der Waals surface area contributed by atoms with E-state index in [2.05, 4.69) is 24.3 Å². The predicted octanol–water partition coefficient (Wildman–Crippen LogP) is 3.32. The van der Waals surface area contributed by atoms with Crippen LogP contribution in [-0.4, -0.2) is 24.9 Å². The maximum atomic E-state index is 12.4. The van der Waals surface area contributed by atoms with Gasteiger partial charge in [0.15, 0.2) is 0 Å². The minimum atomic E-state index is -0.0881. The first kappa shape index (κ1) is 12.7. The SMILES string of the molecule is CN(C)C(=O)C1C(c2ccccc2)=C1c1ccccc1. The molecular weight excluding hydrogens is 246 g/mol. The van der Waals surface area contributed by atoms with Crippen LogP contribution in [0.5, 0.6) is 0 Å². The number of benzene rings is 2. The zero-order chi connectivity index (χ0) is 14.1. The quantitative estimate of drug-likeness (QED) is 0.832. The van der Waals surface area contributed by atoms with Gasteiger partial charge in [0.2, 0.25) is 5.91 Å². The van der Waals surface area contributed by atoms with Crippen LogP contribution in [0, 0.1) is 5.92 Å². The molecule has 0 heterocycles. The number of nitrogens with zero attached hydrogens (tertiary/aromatic N) is 1. The topological polar surface area (TPSA) is 20.3 Å². The molecule has 3 rings (SSSR count). The Balaban J connectivity index is 2.02. The van der Waals surface area contributed by atoms with Crippen LogP contribution in [-0.2, 0) is 4.79 Å². The Morgan fingerprint density at radius 2 is 1.20 bits per heavy atom. The van der Waals surface area contributed by atoms with E-state index in [0.717, 1.165) is 22.3 Å². The molecule has 0 aromatic heterocycles. The highest BCUT2D eigenvalue weighted by Gasteiger charge is 2.44. The van der Waals surface area contributed by atoms with Gasteiger partial charge in [-0.05, 0) is 22.3 Å². The number of hydrogen-bond donors (Lipinski definition) is 0. The van der Waals surface area contributed by atoms with Crippen LogP contribution in [0.3, 0.4) is 0 Å². The molecule has 2 nitrogen and oxygen atoms in total. The monoisotopic (exact) mass is 263 g/mol. The molecule has 0 saturated heterocycles. The lowest BCUT2D eigenvalue weighted by molar-refractivity contribution is -0.128. The molecule has 0 N–H and O–H groups in total. The first-order valence-corrected chi connectivity index (χ1v) is 6.76. The van der Waals surface area contributed by atoms with Crippen molar-refractivity contribution in [2.75, 3.05) is 14.1 Å². The highest BCUT2D eigenvalue weighted by Crippen LogP contribution is 2.53. The molecular formula is C18H17NO. The minimum absolute atomic E-state index is 0.0881. The largest absolute Gasteiger partial charge is 0.348 e. The fourth-order valence-electron chi connectivity index (χ4n) is 2.61. The predicted molar refractivity (Wildman–Crippen MR) is 81.9 cm³/mol. The van der Waals surface area contributed by atoms with Crippen LogP contribution in [0.15, 0.2) is 60.7 Å². The number of hydrogen-bond acceptors (Lipinski definition) is 1. The fraction of sp³-hybridized carbons (Fsp3) is 0.167. The first-order valence-electron chi connectivity index (χ1n) is 6.76. The minimum Gasteiger partial charge on any atom is -0.348 e. The van der Waals surface area contributed by atoms with Crippen LogP contribution < -0.4 is 0 Å². The fourth-order valence-corrected chi connectivity index (χ4v) is 2.61. The second-order valence-electron chi connectivity index (χ2n) is 5.23. The third kappa shape index (κ3) is 2.14. The van der Waals surface area contributed by atoms with Crippen molar-refractivity contribution in [3.8, 4) is 0 Å². The lowest BCUT2D eigenvalue weighted by Crippen LogP contribution is -2.24. The van der Waals surface area contributed by atoms with E-state index in [4.69, 9.17) is 0 Å². The van der Waals surface area contributed by atoms with Crippen LogP contribution in [0.25, 0.3) is 11.1 Å². The van der Waals surface area contributed by atoms with Gasteiger partial charge in [-0.25, -0.2) is 0 Å². The van der Waals surface area contributed by atoms with Crippen molar-refractivity contribution in [3.63, 3.8) is 0 Å². The summed E-state index contributed by atoms with van der Waals surface area (Å²) >= 11 is 0. The summed E-state index contributed by atoms with van der Waals surface area (Å²) in [6, 6.07) is 20.3. The van der Waals surface area contributed by atoms with Gasteiger partial charge in [-0.1, -0.05) is 60.7 Å². The zero-order valence-electron chi connectivity index (χ0n) is 11.7. The van der Waals surface area contributed by atoms with E-state index in [1.807, 2.05) is 50.5 Å². The summed E-state index contributed by atoms with van der Waals surface area (Å²) in [5.41, 5.74) is 4.61. The second kappa shape index (κ2) is 4.97. The third-order valence-corrected chi connectivity index (χ3v) is 3.64. The van der Waals surface area contributed by atoms with Gasteiger partial charge >= 0.3 is 0 Å². The molecule has 1 aliphatic rings. The highest BCUT2D eigenvalue weighted by atomic mass is 16.2. The molecule has 0 aliphatic heterocycles. The zero-order valence-corrected chi connectivity index (χ0v) is 11.7. The Bertz CT molecular complexity index is 607. The Labute approximate surface area is 119 Å². The third-order valence-electron chi connectivity index (χ3n) is 3.64. The number of carbonyl (C=O) groups is 1. The van der Waals surface area contributed by atoms with Gasteiger partial charge in [0.1, 0.15) is 0 Å². The van der Waals surface area contributed by atoms with Crippen molar-refractivity contribution in [3.05, 3.63) is 71.8 Å². The van der Waals surface area contributed by atoms with Crippen LogP contribution in [0.2, 0.25) is 0 Å². The summed E-state index contributed by atoms with van der Waals surface area (Å²) in [5, 5.41) is 0. The first-order chi connectivity index (χ1) is 9.70. The molecule has 1 amide bonds. The second-order valence-corrected chi connectivity index (χ2v) is 5.23. The van der Waals surface area contributed by atoms with Crippen molar-refractivity contribution in [1.82, 2.24) is 4.90 Å². The number of amides is 1. The number of carbonyl (C=O) groups excluding carboxylic acids is 1. The average molecular weight is 263 g/mol. The Hall–Kier alpha value is -2.35. The van der Waals surface area contributed by atoms with E-state index in [-0.39, 0.29) is 11.8 Å². The van der Waals surface area contributed by atoms with Gasteiger partial charge in [-0.15, -0.1) is 0 Å². The summed E-state index contributed by atoms with van der Waals surface area (Å²) in [6.45, 7) is 0. The molecule has 1 aliphatic carbocycles.